The monoisotopic (exact) mass is 289 g/mol. The summed E-state index contributed by atoms with van der Waals surface area (Å²) in [6.45, 7) is 1.49. The fourth-order valence-electron chi connectivity index (χ4n) is 1.09. The third-order valence-corrected chi connectivity index (χ3v) is 2.47. The van der Waals surface area contributed by atoms with Crippen LogP contribution in [-0.2, 0) is 9.59 Å². The van der Waals surface area contributed by atoms with Gasteiger partial charge >= 0.3 is 11.8 Å². The number of phenolic OH excluding ortho intramolecular Hbond substituents is 1. The zero-order valence-corrected chi connectivity index (χ0v) is 10.7. The zero-order valence-electron chi connectivity index (χ0n) is 9.20. The molecule has 6 nitrogen and oxygen atoms in total. The lowest BCUT2D eigenvalue weighted by Crippen LogP contribution is -2.33. The van der Waals surface area contributed by atoms with Crippen molar-refractivity contribution in [2.24, 2.45) is 10.8 Å². The Bertz CT molecular complexity index is 543. The smallest absolute Gasteiger partial charge is 0.329 e. The van der Waals surface area contributed by atoms with Crippen LogP contribution < -0.4 is 11.2 Å². The topological polar surface area (TPSA) is 105 Å². The van der Waals surface area contributed by atoms with Gasteiger partial charge in [0.1, 0.15) is 5.75 Å². The first-order valence-electron chi connectivity index (χ1n) is 4.65. The number of rotatable bonds is 2. The van der Waals surface area contributed by atoms with Crippen molar-refractivity contribution >= 4 is 40.7 Å². The fourth-order valence-corrected chi connectivity index (χ4v) is 1.59. The van der Waals surface area contributed by atoms with Gasteiger partial charge in [0.2, 0.25) is 0 Å². The van der Waals surface area contributed by atoms with Crippen molar-refractivity contribution in [1.29, 1.82) is 0 Å². The molecule has 4 N–H and O–H groups in total. The van der Waals surface area contributed by atoms with Crippen LogP contribution in [-0.4, -0.2) is 22.6 Å². The Morgan fingerprint density at radius 1 is 1.39 bits per heavy atom. The molecule has 0 saturated carbocycles. The number of halogens is 2. The molecule has 0 aromatic heterocycles. The minimum Gasteiger partial charge on any atom is -0.506 e. The number of primary amides is 1. The largest absolute Gasteiger partial charge is 0.506 e. The second-order valence-corrected chi connectivity index (χ2v) is 4.13. The first kappa shape index (κ1) is 14.3. The van der Waals surface area contributed by atoms with Crippen molar-refractivity contribution < 1.29 is 14.7 Å². The van der Waals surface area contributed by atoms with Crippen LogP contribution in [0.15, 0.2) is 17.2 Å². The first-order valence-corrected chi connectivity index (χ1v) is 5.41. The first-order chi connectivity index (χ1) is 8.32. The minimum absolute atomic E-state index is 0.0493. The van der Waals surface area contributed by atoms with Crippen LogP contribution in [0.5, 0.6) is 5.75 Å². The molecule has 8 heteroatoms. The fraction of sp³-hybridized carbons (Fsp3) is 0.100. The van der Waals surface area contributed by atoms with E-state index in [2.05, 4.69) is 5.10 Å². The van der Waals surface area contributed by atoms with Gasteiger partial charge in [0.25, 0.3) is 0 Å². The van der Waals surface area contributed by atoms with Gasteiger partial charge in [-0.05, 0) is 19.1 Å². The Balaban J connectivity index is 3.04. The maximum atomic E-state index is 10.9. The molecule has 0 heterocycles. The molecule has 18 heavy (non-hydrogen) atoms. The van der Waals surface area contributed by atoms with Crippen LogP contribution in [0.2, 0.25) is 10.0 Å². The van der Waals surface area contributed by atoms with Crippen LogP contribution in [0.25, 0.3) is 0 Å². The minimum atomic E-state index is -1.17. The van der Waals surface area contributed by atoms with E-state index in [0.29, 0.717) is 5.02 Å². The molecule has 2 amide bonds. The van der Waals surface area contributed by atoms with E-state index in [1.807, 2.05) is 5.43 Å². The Hall–Kier alpha value is -1.79. The molecule has 0 radical (unpaired) electrons. The molecule has 0 fully saturated rings. The van der Waals surface area contributed by atoms with Crippen molar-refractivity contribution in [1.82, 2.24) is 5.43 Å². The number of carbonyl (C=O) groups excluding carboxylic acids is 2. The average Bonchev–Trinajstić information content (AvgIpc) is 2.29. The number of aromatic hydroxyl groups is 1. The number of hydrazone groups is 1. The van der Waals surface area contributed by atoms with Crippen molar-refractivity contribution in [3.05, 3.63) is 27.7 Å². The van der Waals surface area contributed by atoms with Crippen molar-refractivity contribution in [2.75, 3.05) is 0 Å². The Kier molecular flexibility index (Phi) is 4.52. The summed E-state index contributed by atoms with van der Waals surface area (Å²) in [5, 5.41) is 13.6. The number of nitrogens with zero attached hydrogens (tertiary/aromatic N) is 1. The molecule has 0 saturated heterocycles. The average molecular weight is 290 g/mol. The molecule has 0 spiro atoms. The maximum Gasteiger partial charge on any atom is 0.329 e. The molecular formula is C10H9Cl2N3O3. The number of hydrogen-bond acceptors (Lipinski definition) is 4. The van der Waals surface area contributed by atoms with E-state index in [1.165, 1.54) is 19.1 Å². The predicted molar refractivity (Wildman–Crippen MR) is 67.7 cm³/mol. The highest BCUT2D eigenvalue weighted by Gasteiger charge is 2.12. The number of amides is 2. The van der Waals surface area contributed by atoms with E-state index in [-0.39, 0.29) is 22.0 Å². The lowest BCUT2D eigenvalue weighted by Gasteiger charge is -2.06. The van der Waals surface area contributed by atoms with Crippen LogP contribution in [0.3, 0.4) is 0 Å². The summed E-state index contributed by atoms with van der Waals surface area (Å²) < 4.78 is 0. The van der Waals surface area contributed by atoms with Crippen LogP contribution in [0.1, 0.15) is 12.5 Å². The molecule has 96 valence electrons. The highest BCUT2D eigenvalue weighted by molar-refractivity contribution is 6.36. The second-order valence-electron chi connectivity index (χ2n) is 3.29. The van der Waals surface area contributed by atoms with Gasteiger partial charge in [0.15, 0.2) is 0 Å². The molecule has 0 unspecified atom stereocenters. The van der Waals surface area contributed by atoms with Crippen LogP contribution in [0, 0.1) is 0 Å². The zero-order chi connectivity index (χ0) is 13.9. The molecule has 0 bridgehead atoms. The van der Waals surface area contributed by atoms with Crippen molar-refractivity contribution in [3.8, 4) is 5.75 Å². The third-order valence-electron chi connectivity index (χ3n) is 1.97. The third kappa shape index (κ3) is 3.35. The molecule has 1 aromatic rings. The van der Waals surface area contributed by atoms with Gasteiger partial charge in [0.05, 0.1) is 10.7 Å². The summed E-state index contributed by atoms with van der Waals surface area (Å²) in [7, 11) is 0. The molecule has 1 aromatic carbocycles. The molecule has 0 aliphatic rings. The number of phenols is 1. The van der Waals surface area contributed by atoms with Gasteiger partial charge in [-0.1, -0.05) is 23.2 Å². The van der Waals surface area contributed by atoms with Gasteiger partial charge in [-0.3, -0.25) is 9.59 Å². The SMILES string of the molecule is C/C(=N\NC(=O)C(N)=O)c1cc(Cl)cc(Cl)c1O. The maximum absolute atomic E-state index is 10.9. The highest BCUT2D eigenvalue weighted by Crippen LogP contribution is 2.31. The molecule has 0 aliphatic heterocycles. The molecule has 1 rings (SSSR count). The normalized spacial score (nSPS) is 11.2. The van der Waals surface area contributed by atoms with E-state index >= 15 is 0 Å². The number of nitrogens with two attached hydrogens (primary N) is 1. The van der Waals surface area contributed by atoms with E-state index < -0.39 is 11.8 Å². The number of nitrogens with one attached hydrogen (secondary N) is 1. The Labute approximate surface area is 112 Å². The molecule has 0 aliphatic carbocycles. The van der Waals surface area contributed by atoms with Crippen LogP contribution in [0.4, 0.5) is 0 Å². The van der Waals surface area contributed by atoms with E-state index in [4.69, 9.17) is 28.9 Å². The molecule has 0 atom stereocenters. The standard InChI is InChI=1S/C10H9Cl2N3O3/c1-4(14-15-10(18)9(13)17)6-2-5(11)3-7(12)8(6)16/h2-3,16H,1H3,(H2,13,17)(H,15,18)/b14-4+. The molecular weight excluding hydrogens is 281 g/mol. The van der Waals surface area contributed by atoms with E-state index in [9.17, 15) is 14.7 Å². The Morgan fingerprint density at radius 3 is 2.56 bits per heavy atom. The predicted octanol–water partition coefficient (Wildman–Crippen LogP) is 1.02. The number of carbonyl (C=O) groups is 2. The van der Waals surface area contributed by atoms with Crippen LogP contribution >= 0.6 is 23.2 Å². The summed E-state index contributed by atoms with van der Waals surface area (Å²) in [6, 6.07) is 2.77. The highest BCUT2D eigenvalue weighted by atomic mass is 35.5. The van der Waals surface area contributed by atoms with Gasteiger partial charge < -0.3 is 10.8 Å². The van der Waals surface area contributed by atoms with Crippen molar-refractivity contribution in [3.63, 3.8) is 0 Å². The van der Waals surface area contributed by atoms with E-state index in [0.717, 1.165) is 0 Å². The summed E-state index contributed by atoms with van der Waals surface area (Å²) in [6.07, 6.45) is 0. The van der Waals surface area contributed by atoms with Gasteiger partial charge in [0, 0.05) is 10.6 Å². The summed E-state index contributed by atoms with van der Waals surface area (Å²) in [5.41, 5.74) is 7.10. The van der Waals surface area contributed by atoms with E-state index in [1.54, 1.807) is 0 Å². The van der Waals surface area contributed by atoms with Gasteiger partial charge in [-0.15, -0.1) is 0 Å². The second kappa shape index (κ2) is 5.70. The lowest BCUT2D eigenvalue weighted by atomic mass is 10.1. The summed E-state index contributed by atoms with van der Waals surface area (Å²) >= 11 is 11.5. The summed E-state index contributed by atoms with van der Waals surface area (Å²) in [5.74, 6) is -2.46. The quantitative estimate of drug-likeness (QED) is 0.430. The number of benzene rings is 1. The van der Waals surface area contributed by atoms with Gasteiger partial charge in [-0.2, -0.15) is 5.10 Å². The van der Waals surface area contributed by atoms with Gasteiger partial charge in [-0.25, -0.2) is 5.43 Å². The Morgan fingerprint density at radius 2 is 2.00 bits per heavy atom. The summed E-state index contributed by atoms with van der Waals surface area (Å²) in [4.78, 5) is 21.4. The number of hydrogen-bond donors (Lipinski definition) is 3. The van der Waals surface area contributed by atoms with Crippen molar-refractivity contribution in [2.45, 2.75) is 6.92 Å². The lowest BCUT2D eigenvalue weighted by molar-refractivity contribution is -0.137.